The van der Waals surface area contributed by atoms with Gasteiger partial charge in [-0.1, -0.05) is 17.7 Å². The van der Waals surface area contributed by atoms with Gasteiger partial charge in [-0.05, 0) is 67.1 Å². The van der Waals surface area contributed by atoms with Gasteiger partial charge in [0.25, 0.3) is 5.91 Å². The Morgan fingerprint density at radius 2 is 1.85 bits per heavy atom. The van der Waals surface area contributed by atoms with Crippen LogP contribution in [0.5, 0.6) is 5.75 Å². The van der Waals surface area contributed by atoms with Gasteiger partial charge in [-0.25, -0.2) is 0 Å². The number of likely N-dealkylation sites (N-methyl/N-ethyl adjacent to an activating group) is 1. The summed E-state index contributed by atoms with van der Waals surface area (Å²) in [5.41, 5.74) is 3.66. The zero-order chi connectivity index (χ0) is 19.4. The first-order valence-corrected chi connectivity index (χ1v) is 9.36. The lowest BCUT2D eigenvalue weighted by molar-refractivity contribution is -0.116. The van der Waals surface area contributed by atoms with E-state index in [0.717, 1.165) is 19.3 Å². The fourth-order valence-electron chi connectivity index (χ4n) is 3.34. The fourth-order valence-corrected chi connectivity index (χ4v) is 3.51. The number of anilines is 1. The molecule has 0 spiro atoms. The molecule has 6 heteroatoms. The van der Waals surface area contributed by atoms with Crippen LogP contribution in [0.2, 0.25) is 5.02 Å². The number of ether oxygens (including phenoxy) is 1. The number of hydrogen-bond acceptors (Lipinski definition) is 3. The van der Waals surface area contributed by atoms with Gasteiger partial charge in [-0.15, -0.1) is 0 Å². The van der Waals surface area contributed by atoms with E-state index in [-0.39, 0.29) is 18.4 Å². The van der Waals surface area contributed by atoms with Gasteiger partial charge in [-0.3, -0.25) is 9.59 Å². The highest BCUT2D eigenvalue weighted by Gasteiger charge is 2.18. The molecule has 5 nitrogen and oxygen atoms in total. The Morgan fingerprint density at radius 1 is 1.11 bits per heavy atom. The van der Waals surface area contributed by atoms with E-state index >= 15 is 0 Å². The van der Waals surface area contributed by atoms with E-state index in [9.17, 15) is 9.59 Å². The number of methoxy groups -OCH3 is 1. The molecule has 1 aliphatic carbocycles. The van der Waals surface area contributed by atoms with Crippen LogP contribution in [0.4, 0.5) is 5.69 Å². The zero-order valence-corrected chi connectivity index (χ0v) is 16.3. The van der Waals surface area contributed by atoms with Crippen molar-refractivity contribution in [1.29, 1.82) is 0 Å². The quantitative estimate of drug-likeness (QED) is 0.846. The first-order valence-electron chi connectivity index (χ1n) is 8.98. The summed E-state index contributed by atoms with van der Waals surface area (Å²) in [7, 11) is 3.14. The van der Waals surface area contributed by atoms with Gasteiger partial charge in [-0.2, -0.15) is 0 Å². The van der Waals surface area contributed by atoms with Crippen molar-refractivity contribution in [2.24, 2.45) is 0 Å². The Morgan fingerprint density at radius 3 is 2.59 bits per heavy atom. The third-order valence-electron chi connectivity index (χ3n) is 4.76. The highest BCUT2D eigenvalue weighted by atomic mass is 35.5. The number of rotatable bonds is 5. The van der Waals surface area contributed by atoms with Crippen LogP contribution in [0.1, 0.15) is 34.3 Å². The van der Waals surface area contributed by atoms with Gasteiger partial charge in [0.05, 0.1) is 19.3 Å². The molecular weight excluding hydrogens is 364 g/mol. The fraction of sp³-hybridized carbons (Fsp3) is 0.333. The molecule has 3 rings (SSSR count). The molecule has 1 aliphatic rings. The lowest BCUT2D eigenvalue weighted by Crippen LogP contribution is -2.35. The number of carbonyl (C=O) groups is 2. The summed E-state index contributed by atoms with van der Waals surface area (Å²) in [4.78, 5) is 26.5. The number of amides is 2. The molecule has 0 fully saturated rings. The molecule has 0 atom stereocenters. The maximum absolute atomic E-state index is 12.7. The first-order chi connectivity index (χ1) is 13.0. The van der Waals surface area contributed by atoms with Gasteiger partial charge in [0, 0.05) is 17.6 Å². The molecule has 0 bridgehead atoms. The summed E-state index contributed by atoms with van der Waals surface area (Å²) in [5, 5.41) is 3.24. The predicted octanol–water partition coefficient (Wildman–Crippen LogP) is 3.94. The molecule has 0 heterocycles. The standard InChI is InChI=1S/C21H23ClN2O3/c1-24(13-20(25)23-18-12-17(22)9-10-19(18)27-2)21(26)16-8-7-14-5-3-4-6-15(14)11-16/h7-12H,3-6,13H2,1-2H3,(H,23,25). The van der Waals surface area contributed by atoms with E-state index in [0.29, 0.717) is 22.0 Å². The van der Waals surface area contributed by atoms with Crippen molar-refractivity contribution in [1.82, 2.24) is 4.90 Å². The summed E-state index contributed by atoms with van der Waals surface area (Å²) < 4.78 is 5.22. The summed E-state index contributed by atoms with van der Waals surface area (Å²) in [6.45, 7) is -0.0639. The van der Waals surface area contributed by atoms with E-state index in [1.807, 2.05) is 18.2 Å². The molecule has 2 aromatic carbocycles. The molecule has 0 aromatic heterocycles. The molecule has 27 heavy (non-hydrogen) atoms. The Hall–Kier alpha value is -2.53. The Bertz CT molecular complexity index is 867. The Balaban J connectivity index is 1.66. The van der Waals surface area contributed by atoms with E-state index < -0.39 is 0 Å². The largest absolute Gasteiger partial charge is 0.495 e. The first kappa shape index (κ1) is 19.2. The molecule has 2 amide bonds. The molecule has 2 aromatic rings. The van der Waals surface area contributed by atoms with Crippen molar-refractivity contribution in [3.63, 3.8) is 0 Å². The average molecular weight is 387 g/mol. The third-order valence-corrected chi connectivity index (χ3v) is 4.99. The smallest absolute Gasteiger partial charge is 0.254 e. The van der Waals surface area contributed by atoms with Crippen molar-refractivity contribution >= 4 is 29.1 Å². The average Bonchev–Trinajstić information content (AvgIpc) is 2.67. The molecule has 1 N–H and O–H groups in total. The maximum Gasteiger partial charge on any atom is 0.254 e. The lowest BCUT2D eigenvalue weighted by atomic mass is 9.90. The van der Waals surface area contributed by atoms with E-state index in [2.05, 4.69) is 5.32 Å². The molecule has 0 aliphatic heterocycles. The van der Waals surface area contributed by atoms with E-state index in [1.54, 1.807) is 25.2 Å². The molecule has 142 valence electrons. The number of aryl methyl sites for hydroxylation is 2. The van der Waals surface area contributed by atoms with Crippen LogP contribution < -0.4 is 10.1 Å². The highest BCUT2D eigenvalue weighted by molar-refractivity contribution is 6.31. The minimum atomic E-state index is -0.315. The Kier molecular flexibility index (Phi) is 6.01. The topological polar surface area (TPSA) is 58.6 Å². The molecule has 0 radical (unpaired) electrons. The maximum atomic E-state index is 12.7. The monoisotopic (exact) mass is 386 g/mol. The number of halogens is 1. The number of benzene rings is 2. The lowest BCUT2D eigenvalue weighted by Gasteiger charge is -2.20. The molecular formula is C21H23ClN2O3. The van der Waals surface area contributed by atoms with Gasteiger partial charge in [0.1, 0.15) is 5.75 Å². The van der Waals surface area contributed by atoms with Crippen molar-refractivity contribution in [2.75, 3.05) is 26.0 Å². The van der Waals surface area contributed by atoms with Gasteiger partial charge >= 0.3 is 0 Å². The van der Waals surface area contributed by atoms with Crippen molar-refractivity contribution in [3.8, 4) is 5.75 Å². The zero-order valence-electron chi connectivity index (χ0n) is 15.5. The van der Waals surface area contributed by atoms with Crippen LogP contribution >= 0.6 is 11.6 Å². The van der Waals surface area contributed by atoms with Gasteiger partial charge in [0.2, 0.25) is 5.91 Å². The van der Waals surface area contributed by atoms with Gasteiger partial charge in [0.15, 0.2) is 0 Å². The second-order valence-corrected chi connectivity index (χ2v) is 7.18. The van der Waals surface area contributed by atoms with Crippen LogP contribution in [0.25, 0.3) is 0 Å². The summed E-state index contributed by atoms with van der Waals surface area (Å²) in [6, 6.07) is 10.8. The number of carbonyl (C=O) groups excluding carboxylic acids is 2. The number of hydrogen-bond donors (Lipinski definition) is 1. The summed E-state index contributed by atoms with van der Waals surface area (Å²) in [5.74, 6) is 0.0253. The second-order valence-electron chi connectivity index (χ2n) is 6.74. The predicted molar refractivity (Wildman–Crippen MR) is 107 cm³/mol. The molecule has 0 unspecified atom stereocenters. The molecule has 0 saturated carbocycles. The van der Waals surface area contributed by atoms with Crippen LogP contribution in [0.3, 0.4) is 0 Å². The van der Waals surface area contributed by atoms with Crippen LogP contribution in [0.15, 0.2) is 36.4 Å². The van der Waals surface area contributed by atoms with E-state index in [4.69, 9.17) is 16.3 Å². The highest BCUT2D eigenvalue weighted by Crippen LogP contribution is 2.27. The van der Waals surface area contributed by atoms with Crippen molar-refractivity contribution in [2.45, 2.75) is 25.7 Å². The van der Waals surface area contributed by atoms with Crippen molar-refractivity contribution in [3.05, 3.63) is 58.1 Å². The number of nitrogens with zero attached hydrogens (tertiary/aromatic N) is 1. The van der Waals surface area contributed by atoms with Crippen molar-refractivity contribution < 1.29 is 14.3 Å². The third kappa shape index (κ3) is 4.61. The van der Waals surface area contributed by atoms with Gasteiger partial charge < -0.3 is 15.0 Å². The second kappa shape index (κ2) is 8.44. The minimum absolute atomic E-state index is 0.0639. The van der Waals surface area contributed by atoms with Crippen LogP contribution in [-0.2, 0) is 17.6 Å². The number of nitrogens with one attached hydrogen (secondary N) is 1. The van der Waals surface area contributed by atoms with E-state index in [1.165, 1.54) is 29.6 Å². The number of fused-ring (bicyclic) bond motifs is 1. The summed E-state index contributed by atoms with van der Waals surface area (Å²) >= 11 is 5.98. The van der Waals surface area contributed by atoms with Crippen LogP contribution in [-0.4, -0.2) is 37.4 Å². The SMILES string of the molecule is COc1ccc(Cl)cc1NC(=O)CN(C)C(=O)c1ccc2c(c1)CCCC2. The minimum Gasteiger partial charge on any atom is -0.495 e. The Labute approximate surface area is 164 Å². The normalized spacial score (nSPS) is 12.9. The van der Waals surface area contributed by atoms with Crippen LogP contribution in [0, 0.1) is 0 Å². The summed E-state index contributed by atoms with van der Waals surface area (Å²) in [6.07, 6.45) is 4.44. The molecule has 0 saturated heterocycles.